The molecule has 288 valence electrons. The molecule has 12 heteroatoms. The zero-order chi connectivity index (χ0) is 37.2. The lowest BCUT2D eigenvalue weighted by atomic mass is 9.72. The normalized spacial score (nSPS) is 30.4. The van der Waals surface area contributed by atoms with E-state index in [1.165, 1.54) is 37.6 Å². The zero-order valence-corrected chi connectivity index (χ0v) is 31.4. The van der Waals surface area contributed by atoms with Crippen LogP contribution in [0.5, 0.6) is 11.8 Å². The fourth-order valence-electron chi connectivity index (χ4n) is 10.6. The first-order valence-electron chi connectivity index (χ1n) is 20.0. The maximum absolute atomic E-state index is 17.2. The molecule has 3 aliphatic heterocycles. The molecule has 4 aromatic rings. The molecule has 5 fully saturated rings. The van der Waals surface area contributed by atoms with Crippen LogP contribution in [-0.4, -0.2) is 99.4 Å². The lowest BCUT2D eigenvalue weighted by molar-refractivity contribution is -0.175. The molecule has 54 heavy (non-hydrogen) atoms. The number of hydrogen-bond donors (Lipinski definition) is 2. The number of pyridine rings is 1. The number of phenolic OH excluding ortho intramolecular Hbond substituents is 1. The Bertz CT molecular complexity index is 2070. The van der Waals surface area contributed by atoms with Gasteiger partial charge >= 0.3 is 6.01 Å². The monoisotopic (exact) mass is 743 g/mol. The topological polar surface area (TPSA) is 113 Å². The predicted octanol–water partition coefficient (Wildman–Crippen LogP) is 7.09. The van der Waals surface area contributed by atoms with Crippen LogP contribution in [0.25, 0.3) is 32.9 Å². The average molecular weight is 744 g/mol. The number of likely N-dealkylation sites (tertiary alicyclic amines) is 1. The van der Waals surface area contributed by atoms with Crippen molar-refractivity contribution >= 4 is 27.5 Å². The summed E-state index contributed by atoms with van der Waals surface area (Å²) in [6.07, 6.45) is 13.2. The second kappa shape index (κ2) is 13.8. The van der Waals surface area contributed by atoms with Crippen molar-refractivity contribution in [3.8, 4) is 23.0 Å². The van der Waals surface area contributed by atoms with Gasteiger partial charge in [-0.1, -0.05) is 19.4 Å². The quantitative estimate of drug-likeness (QED) is 0.204. The third-order valence-electron chi connectivity index (χ3n) is 13.3. The van der Waals surface area contributed by atoms with E-state index in [4.69, 9.17) is 24.2 Å². The van der Waals surface area contributed by atoms with Crippen molar-refractivity contribution in [2.45, 2.75) is 108 Å². The van der Waals surface area contributed by atoms with Gasteiger partial charge in [0.05, 0.1) is 44.0 Å². The van der Waals surface area contributed by atoms with E-state index in [9.17, 15) is 10.2 Å². The molecule has 10 nitrogen and oxygen atoms in total. The molecule has 1 spiro atoms. The van der Waals surface area contributed by atoms with Crippen molar-refractivity contribution in [3.05, 3.63) is 47.7 Å². The summed E-state index contributed by atoms with van der Waals surface area (Å²) in [5.74, 6) is -0.801. The number of hydrogen-bond acceptors (Lipinski definition) is 10. The molecule has 2 aromatic carbocycles. The number of ether oxygens (including phenoxy) is 3. The fourth-order valence-corrected chi connectivity index (χ4v) is 10.6. The van der Waals surface area contributed by atoms with Crippen LogP contribution in [0.2, 0.25) is 0 Å². The molecule has 2 saturated carbocycles. The molecule has 0 radical (unpaired) electrons. The lowest BCUT2D eigenvalue weighted by Gasteiger charge is -2.53. The minimum atomic E-state index is -1.17. The molecule has 0 unspecified atom stereocenters. The van der Waals surface area contributed by atoms with Crippen LogP contribution < -0.4 is 9.64 Å². The van der Waals surface area contributed by atoms with Crippen LogP contribution in [0.3, 0.4) is 0 Å². The van der Waals surface area contributed by atoms with Gasteiger partial charge in [-0.2, -0.15) is 9.97 Å². The number of aromatic hydroxyl groups is 1. The van der Waals surface area contributed by atoms with Crippen LogP contribution in [-0.2, 0) is 15.9 Å². The number of benzene rings is 2. The van der Waals surface area contributed by atoms with E-state index in [1.807, 2.05) is 11.8 Å². The summed E-state index contributed by atoms with van der Waals surface area (Å²) in [7, 11) is 0. The number of phenols is 1. The highest BCUT2D eigenvalue weighted by Gasteiger charge is 2.52. The molecule has 0 amide bonds. The standard InChI is InChI=1S/C42H51F2N5O5/c1-3-29-32(43)8-7-26-20-28(50)21-30(34(26)29)36-35(44)37-31(22-45-36)38(48-17-19-52-24-40(2,51)23-48)47-39(46-37)53-25-41-11-4-6-33(41)49(16-5-12-41)27-9-13-42(14-10-27)15-18-54-42/h7-8,20-22,27,33,50-51H,3-6,9-19,23-25H2,1-2H3/t27?,33-,40+,41-,42?/m1/s1. The summed E-state index contributed by atoms with van der Waals surface area (Å²) < 4.78 is 50.7. The summed E-state index contributed by atoms with van der Waals surface area (Å²) in [6.45, 7) is 7.10. The molecule has 2 aliphatic carbocycles. The number of nitrogens with zero attached hydrogens (tertiary/aromatic N) is 5. The van der Waals surface area contributed by atoms with E-state index in [0.717, 1.165) is 58.1 Å². The summed E-state index contributed by atoms with van der Waals surface area (Å²) in [6, 6.07) is 6.96. The Morgan fingerprint density at radius 3 is 2.59 bits per heavy atom. The minimum Gasteiger partial charge on any atom is -0.508 e. The lowest BCUT2D eigenvalue weighted by Crippen LogP contribution is -2.58. The number of piperidine rings is 1. The number of halogens is 2. The van der Waals surface area contributed by atoms with E-state index in [1.54, 1.807) is 19.1 Å². The number of fused-ring (bicyclic) bond motifs is 3. The molecule has 5 aliphatic rings. The highest BCUT2D eigenvalue weighted by atomic mass is 19.1. The second-order valence-electron chi connectivity index (χ2n) is 16.9. The molecular weight excluding hydrogens is 692 g/mol. The van der Waals surface area contributed by atoms with Gasteiger partial charge in [-0.25, -0.2) is 8.78 Å². The van der Waals surface area contributed by atoms with E-state index < -0.39 is 17.2 Å². The Kier molecular flexibility index (Phi) is 9.18. The van der Waals surface area contributed by atoms with Crippen molar-refractivity contribution in [1.82, 2.24) is 19.9 Å². The first kappa shape index (κ1) is 36.0. The van der Waals surface area contributed by atoms with E-state index in [2.05, 4.69) is 9.88 Å². The number of rotatable bonds is 7. The molecule has 2 N–H and O–H groups in total. The molecule has 3 saturated heterocycles. The summed E-state index contributed by atoms with van der Waals surface area (Å²) in [5.41, 5.74) is -0.441. The van der Waals surface area contributed by atoms with Gasteiger partial charge < -0.3 is 29.3 Å². The van der Waals surface area contributed by atoms with Gasteiger partial charge in [0.25, 0.3) is 0 Å². The van der Waals surface area contributed by atoms with Gasteiger partial charge in [0.1, 0.15) is 34.2 Å². The minimum absolute atomic E-state index is 0.0100. The van der Waals surface area contributed by atoms with E-state index in [0.29, 0.717) is 65.8 Å². The van der Waals surface area contributed by atoms with E-state index >= 15 is 8.78 Å². The Balaban J connectivity index is 1.10. The Morgan fingerprint density at radius 2 is 1.81 bits per heavy atom. The van der Waals surface area contributed by atoms with Crippen LogP contribution in [0.15, 0.2) is 30.5 Å². The van der Waals surface area contributed by atoms with Crippen LogP contribution >= 0.6 is 0 Å². The van der Waals surface area contributed by atoms with Crippen LogP contribution in [0, 0.1) is 17.0 Å². The van der Waals surface area contributed by atoms with Crippen molar-refractivity contribution < 1.29 is 33.2 Å². The Morgan fingerprint density at radius 1 is 1.00 bits per heavy atom. The highest BCUT2D eigenvalue weighted by Crippen LogP contribution is 2.51. The summed E-state index contributed by atoms with van der Waals surface area (Å²) >= 11 is 0. The van der Waals surface area contributed by atoms with Gasteiger partial charge in [-0.3, -0.25) is 9.88 Å². The SMILES string of the molecule is CCc1c(F)ccc2cc(O)cc(-c3ncc4c(N5CCOC[C@@](C)(O)C5)nc(OC[C@]56CCC[C@H]5N(C5CCC7(CCO7)CC5)CCC6)nc4c3F)c12. The van der Waals surface area contributed by atoms with Crippen LogP contribution in [0.1, 0.15) is 83.6 Å². The largest absolute Gasteiger partial charge is 0.508 e. The summed E-state index contributed by atoms with van der Waals surface area (Å²) in [4.78, 5) is 18.9. The first-order valence-corrected chi connectivity index (χ1v) is 20.0. The van der Waals surface area contributed by atoms with Crippen molar-refractivity contribution in [2.75, 3.05) is 51.0 Å². The van der Waals surface area contributed by atoms with Crippen LogP contribution in [0.4, 0.5) is 14.6 Å². The van der Waals surface area contributed by atoms with Gasteiger partial charge in [-0.15, -0.1) is 0 Å². The molecule has 0 bridgehead atoms. The Hall–Kier alpha value is -3.71. The number of aliphatic hydroxyl groups is 1. The number of aromatic nitrogens is 3. The zero-order valence-electron chi connectivity index (χ0n) is 31.4. The Labute approximate surface area is 314 Å². The maximum Gasteiger partial charge on any atom is 0.319 e. The first-order chi connectivity index (χ1) is 26.1. The molecule has 9 rings (SSSR count). The van der Waals surface area contributed by atoms with Gasteiger partial charge in [0.15, 0.2) is 5.82 Å². The van der Waals surface area contributed by atoms with Gasteiger partial charge in [-0.05, 0) is 112 Å². The molecular formula is C42H51F2N5O5. The smallest absolute Gasteiger partial charge is 0.319 e. The summed E-state index contributed by atoms with van der Waals surface area (Å²) in [5, 5.41) is 23.3. The van der Waals surface area contributed by atoms with Crippen molar-refractivity contribution in [2.24, 2.45) is 5.41 Å². The average Bonchev–Trinajstić information content (AvgIpc) is 3.50. The highest BCUT2D eigenvalue weighted by molar-refractivity contribution is 6.01. The predicted molar refractivity (Wildman–Crippen MR) is 202 cm³/mol. The van der Waals surface area contributed by atoms with Gasteiger partial charge in [0.2, 0.25) is 0 Å². The molecule has 5 heterocycles. The number of aryl methyl sites for hydroxylation is 1. The third-order valence-corrected chi connectivity index (χ3v) is 13.3. The fraction of sp³-hybridized carbons (Fsp3) is 0.595. The van der Waals surface area contributed by atoms with Crippen molar-refractivity contribution in [3.63, 3.8) is 0 Å². The molecule has 2 aromatic heterocycles. The number of anilines is 1. The molecule has 3 atom stereocenters. The number of β-amino-alcohol motifs (C(OH)–C–C–N with tert-alkyl or cyclic N) is 1. The van der Waals surface area contributed by atoms with Gasteiger partial charge in [0, 0.05) is 35.8 Å². The third kappa shape index (κ3) is 6.27. The maximum atomic E-state index is 17.2. The van der Waals surface area contributed by atoms with E-state index in [-0.39, 0.29) is 52.7 Å². The van der Waals surface area contributed by atoms with Crippen molar-refractivity contribution in [1.29, 1.82) is 0 Å². The second-order valence-corrected chi connectivity index (χ2v) is 16.9.